The van der Waals surface area contributed by atoms with E-state index in [4.69, 9.17) is 12.2 Å². The SMILES string of the molecule is S=C(Nc1ccc(Br)cc1)NC1Cc2ccccc2C1. The summed E-state index contributed by atoms with van der Waals surface area (Å²) < 4.78 is 1.06. The molecule has 0 atom stereocenters. The molecule has 2 N–H and O–H groups in total. The summed E-state index contributed by atoms with van der Waals surface area (Å²) in [5.74, 6) is 0. The van der Waals surface area contributed by atoms with E-state index in [0.717, 1.165) is 23.0 Å². The molecule has 1 aliphatic rings. The van der Waals surface area contributed by atoms with Gasteiger partial charge in [-0.05, 0) is 60.5 Å². The van der Waals surface area contributed by atoms with E-state index in [0.29, 0.717) is 11.2 Å². The van der Waals surface area contributed by atoms with Crippen molar-refractivity contribution in [3.8, 4) is 0 Å². The number of anilines is 1. The first kappa shape index (κ1) is 13.6. The molecule has 0 saturated heterocycles. The van der Waals surface area contributed by atoms with Crippen molar-refractivity contribution in [3.63, 3.8) is 0 Å². The average molecular weight is 347 g/mol. The molecule has 0 saturated carbocycles. The molecule has 0 unspecified atom stereocenters. The van der Waals surface area contributed by atoms with E-state index < -0.39 is 0 Å². The van der Waals surface area contributed by atoms with Gasteiger partial charge in [0.2, 0.25) is 0 Å². The zero-order valence-corrected chi connectivity index (χ0v) is 13.3. The van der Waals surface area contributed by atoms with Crippen molar-refractivity contribution in [2.24, 2.45) is 0 Å². The van der Waals surface area contributed by atoms with Crippen LogP contribution in [0.1, 0.15) is 11.1 Å². The van der Waals surface area contributed by atoms with Crippen molar-refractivity contribution in [1.29, 1.82) is 0 Å². The monoisotopic (exact) mass is 346 g/mol. The summed E-state index contributed by atoms with van der Waals surface area (Å²) in [5, 5.41) is 7.31. The van der Waals surface area contributed by atoms with Crippen molar-refractivity contribution in [1.82, 2.24) is 5.32 Å². The molecule has 0 spiro atoms. The first-order valence-corrected chi connectivity index (χ1v) is 7.81. The Labute approximate surface area is 132 Å². The van der Waals surface area contributed by atoms with E-state index in [1.807, 2.05) is 24.3 Å². The minimum Gasteiger partial charge on any atom is -0.359 e. The number of hydrogen-bond acceptors (Lipinski definition) is 1. The fraction of sp³-hybridized carbons (Fsp3) is 0.188. The summed E-state index contributed by atoms with van der Waals surface area (Å²) in [6.45, 7) is 0. The zero-order valence-electron chi connectivity index (χ0n) is 10.9. The van der Waals surface area contributed by atoms with Crippen LogP contribution >= 0.6 is 28.1 Å². The summed E-state index contributed by atoms with van der Waals surface area (Å²) >= 11 is 8.81. The van der Waals surface area contributed by atoms with E-state index in [2.05, 4.69) is 50.8 Å². The molecule has 0 radical (unpaired) electrons. The van der Waals surface area contributed by atoms with Crippen molar-refractivity contribution < 1.29 is 0 Å². The maximum absolute atomic E-state index is 5.38. The topological polar surface area (TPSA) is 24.1 Å². The van der Waals surface area contributed by atoms with Crippen LogP contribution in [0.15, 0.2) is 53.0 Å². The van der Waals surface area contributed by atoms with Crippen LogP contribution in [-0.2, 0) is 12.8 Å². The number of fused-ring (bicyclic) bond motifs is 1. The molecule has 0 aromatic heterocycles. The molecule has 4 heteroatoms. The van der Waals surface area contributed by atoms with Gasteiger partial charge in [0.15, 0.2) is 5.11 Å². The third-order valence-electron chi connectivity index (χ3n) is 3.49. The fourth-order valence-electron chi connectivity index (χ4n) is 2.55. The Morgan fingerprint density at radius 2 is 1.60 bits per heavy atom. The Morgan fingerprint density at radius 1 is 1.00 bits per heavy atom. The van der Waals surface area contributed by atoms with Gasteiger partial charge in [-0.2, -0.15) is 0 Å². The van der Waals surface area contributed by atoms with E-state index in [9.17, 15) is 0 Å². The highest BCUT2D eigenvalue weighted by Gasteiger charge is 2.21. The quantitative estimate of drug-likeness (QED) is 0.806. The Balaban J connectivity index is 1.57. The number of halogens is 1. The van der Waals surface area contributed by atoms with Crippen LogP contribution in [-0.4, -0.2) is 11.2 Å². The lowest BCUT2D eigenvalue weighted by molar-refractivity contribution is 0.648. The number of nitrogens with one attached hydrogen (secondary N) is 2. The second kappa shape index (κ2) is 5.94. The van der Waals surface area contributed by atoms with Gasteiger partial charge in [0, 0.05) is 16.2 Å². The molecule has 2 nitrogen and oxygen atoms in total. The van der Waals surface area contributed by atoms with Crippen LogP contribution < -0.4 is 10.6 Å². The van der Waals surface area contributed by atoms with Gasteiger partial charge in [-0.15, -0.1) is 0 Å². The molecule has 0 amide bonds. The second-order valence-electron chi connectivity index (χ2n) is 4.98. The van der Waals surface area contributed by atoms with Gasteiger partial charge in [0.05, 0.1) is 0 Å². The lowest BCUT2D eigenvalue weighted by Gasteiger charge is -2.15. The van der Waals surface area contributed by atoms with Gasteiger partial charge in [0.1, 0.15) is 0 Å². The molecule has 1 aliphatic carbocycles. The van der Waals surface area contributed by atoms with Crippen molar-refractivity contribution in [2.75, 3.05) is 5.32 Å². The molecular formula is C16H15BrN2S. The summed E-state index contributed by atoms with van der Waals surface area (Å²) in [5.41, 5.74) is 3.86. The van der Waals surface area contributed by atoms with Gasteiger partial charge in [-0.25, -0.2) is 0 Å². The third kappa shape index (κ3) is 3.19. The Kier molecular flexibility index (Phi) is 4.03. The molecule has 102 valence electrons. The lowest BCUT2D eigenvalue weighted by atomic mass is 10.1. The molecule has 3 rings (SSSR count). The minimum atomic E-state index is 0.392. The molecule has 2 aromatic carbocycles. The number of rotatable bonds is 2. The van der Waals surface area contributed by atoms with Crippen LogP contribution in [0.25, 0.3) is 0 Å². The highest BCUT2D eigenvalue weighted by Crippen LogP contribution is 2.21. The first-order chi connectivity index (χ1) is 9.70. The Morgan fingerprint density at radius 3 is 2.20 bits per heavy atom. The molecule has 0 heterocycles. The van der Waals surface area contributed by atoms with Crippen LogP contribution in [0.5, 0.6) is 0 Å². The molecule has 20 heavy (non-hydrogen) atoms. The molecule has 0 aliphatic heterocycles. The number of thiocarbonyl (C=S) groups is 1. The molecule has 0 bridgehead atoms. The van der Waals surface area contributed by atoms with E-state index >= 15 is 0 Å². The third-order valence-corrected chi connectivity index (χ3v) is 4.24. The average Bonchev–Trinajstić information content (AvgIpc) is 2.83. The van der Waals surface area contributed by atoms with E-state index in [1.165, 1.54) is 11.1 Å². The largest absolute Gasteiger partial charge is 0.359 e. The predicted octanol–water partition coefficient (Wildman–Crippen LogP) is 3.90. The van der Waals surface area contributed by atoms with Crippen LogP contribution in [0, 0.1) is 0 Å². The Hall–Kier alpha value is -1.39. The van der Waals surface area contributed by atoms with Crippen LogP contribution in [0.2, 0.25) is 0 Å². The summed E-state index contributed by atoms with van der Waals surface area (Å²) in [6, 6.07) is 17.0. The van der Waals surface area contributed by atoms with Gasteiger partial charge >= 0.3 is 0 Å². The van der Waals surface area contributed by atoms with Gasteiger partial charge in [0.25, 0.3) is 0 Å². The standard InChI is InChI=1S/C16H15BrN2S/c17-13-5-7-14(8-6-13)18-16(20)19-15-9-11-3-1-2-4-12(11)10-15/h1-8,15H,9-10H2,(H2,18,19,20). The van der Waals surface area contributed by atoms with E-state index in [1.54, 1.807) is 0 Å². The van der Waals surface area contributed by atoms with Crippen molar-refractivity contribution in [2.45, 2.75) is 18.9 Å². The maximum atomic E-state index is 5.38. The number of hydrogen-bond donors (Lipinski definition) is 2. The summed E-state index contributed by atoms with van der Waals surface area (Å²) in [6.07, 6.45) is 2.08. The summed E-state index contributed by atoms with van der Waals surface area (Å²) in [4.78, 5) is 0. The van der Waals surface area contributed by atoms with Gasteiger partial charge in [-0.1, -0.05) is 40.2 Å². The smallest absolute Gasteiger partial charge is 0.171 e. The van der Waals surface area contributed by atoms with Gasteiger partial charge in [-0.3, -0.25) is 0 Å². The first-order valence-electron chi connectivity index (χ1n) is 6.60. The molecule has 2 aromatic rings. The van der Waals surface area contributed by atoms with E-state index in [-0.39, 0.29) is 0 Å². The molecule has 0 fully saturated rings. The van der Waals surface area contributed by atoms with Crippen LogP contribution in [0.3, 0.4) is 0 Å². The second-order valence-corrected chi connectivity index (χ2v) is 6.30. The molecular weight excluding hydrogens is 332 g/mol. The number of benzene rings is 2. The maximum Gasteiger partial charge on any atom is 0.171 e. The van der Waals surface area contributed by atoms with Crippen LogP contribution in [0.4, 0.5) is 5.69 Å². The van der Waals surface area contributed by atoms with Gasteiger partial charge < -0.3 is 10.6 Å². The normalized spacial score (nSPS) is 13.8. The highest BCUT2D eigenvalue weighted by atomic mass is 79.9. The minimum absolute atomic E-state index is 0.392. The lowest BCUT2D eigenvalue weighted by Crippen LogP contribution is -2.38. The van der Waals surface area contributed by atoms with Crippen molar-refractivity contribution >= 4 is 38.9 Å². The zero-order chi connectivity index (χ0) is 13.9. The Bertz CT molecular complexity index is 600. The summed E-state index contributed by atoms with van der Waals surface area (Å²) in [7, 11) is 0. The highest BCUT2D eigenvalue weighted by molar-refractivity contribution is 9.10. The van der Waals surface area contributed by atoms with Crippen molar-refractivity contribution in [3.05, 3.63) is 64.1 Å². The fourth-order valence-corrected chi connectivity index (χ4v) is 3.10. The predicted molar refractivity (Wildman–Crippen MR) is 91.1 cm³/mol.